The molecule has 0 aromatic carbocycles. The second kappa shape index (κ2) is 5.08. The van der Waals surface area contributed by atoms with Gasteiger partial charge in [0, 0.05) is 28.7 Å². The summed E-state index contributed by atoms with van der Waals surface area (Å²) in [5.41, 5.74) is 2.22. The molecule has 0 bridgehead atoms. The molecule has 3 aromatic heterocycles. The van der Waals surface area contributed by atoms with E-state index in [1.807, 2.05) is 31.7 Å². The monoisotopic (exact) mass is 306 g/mol. The minimum Gasteiger partial charge on any atom is -0.312 e. The molecule has 5 nitrogen and oxygen atoms in total. The Balaban J connectivity index is 2.42. The van der Waals surface area contributed by atoms with Gasteiger partial charge in [-0.3, -0.25) is 9.20 Å². The highest BCUT2D eigenvalue weighted by molar-refractivity contribution is 7.15. The Bertz CT molecular complexity index is 804. The van der Waals surface area contributed by atoms with Crippen LogP contribution in [0.2, 0.25) is 0 Å². The lowest BCUT2D eigenvalue weighted by Crippen LogP contribution is -2.24. The predicted molar refractivity (Wildman–Crippen MR) is 82.7 cm³/mol. The van der Waals surface area contributed by atoms with Crippen molar-refractivity contribution in [1.29, 1.82) is 0 Å². The molecule has 0 aliphatic heterocycles. The van der Waals surface area contributed by atoms with E-state index in [1.165, 1.54) is 22.7 Å². The van der Waals surface area contributed by atoms with Crippen LogP contribution in [0.5, 0.6) is 0 Å². The molecule has 1 N–H and O–H groups in total. The second-order valence-corrected chi connectivity index (χ2v) is 6.25. The number of hydrogen-bond acceptors (Lipinski definition) is 6. The second-order valence-electron chi connectivity index (χ2n) is 4.52. The molecule has 0 saturated carbocycles. The molecule has 1 unspecified atom stereocenters. The highest BCUT2D eigenvalue weighted by Crippen LogP contribution is 2.27. The van der Waals surface area contributed by atoms with Gasteiger partial charge in [-0.15, -0.1) is 22.7 Å². The molecule has 0 saturated heterocycles. The van der Waals surface area contributed by atoms with E-state index in [0.29, 0.717) is 5.56 Å². The number of aryl methyl sites for hydroxylation is 1. The molecule has 3 heterocycles. The fourth-order valence-corrected chi connectivity index (χ4v) is 3.64. The van der Waals surface area contributed by atoms with Crippen LogP contribution >= 0.6 is 22.7 Å². The molecule has 0 amide bonds. The van der Waals surface area contributed by atoms with E-state index in [1.54, 1.807) is 10.6 Å². The molecular formula is C13H14N4OS2. The molecule has 3 rings (SSSR count). The lowest BCUT2D eigenvalue weighted by molar-refractivity contribution is 0.633. The Morgan fingerprint density at radius 2 is 2.20 bits per heavy atom. The molecule has 20 heavy (non-hydrogen) atoms. The first-order valence-electron chi connectivity index (χ1n) is 6.21. The van der Waals surface area contributed by atoms with E-state index in [4.69, 9.17) is 0 Å². The Hall–Kier alpha value is -1.57. The molecule has 0 fully saturated rings. The Morgan fingerprint density at radius 1 is 1.40 bits per heavy atom. The van der Waals surface area contributed by atoms with E-state index in [0.717, 1.165) is 21.4 Å². The summed E-state index contributed by atoms with van der Waals surface area (Å²) in [6.07, 6.45) is 1.71. The van der Waals surface area contributed by atoms with E-state index < -0.39 is 0 Å². The topological polar surface area (TPSA) is 59.3 Å². The summed E-state index contributed by atoms with van der Waals surface area (Å²) >= 11 is 2.94. The average molecular weight is 306 g/mol. The van der Waals surface area contributed by atoms with Gasteiger partial charge in [-0.2, -0.15) is 0 Å². The summed E-state index contributed by atoms with van der Waals surface area (Å²) in [5, 5.41) is 7.70. The number of fused-ring (bicyclic) bond motifs is 1. The molecule has 0 aliphatic rings. The van der Waals surface area contributed by atoms with Gasteiger partial charge < -0.3 is 5.32 Å². The quantitative estimate of drug-likeness (QED) is 0.807. The van der Waals surface area contributed by atoms with Crippen molar-refractivity contribution in [2.24, 2.45) is 0 Å². The van der Waals surface area contributed by atoms with Crippen LogP contribution in [0.1, 0.15) is 24.4 Å². The van der Waals surface area contributed by atoms with E-state index in [-0.39, 0.29) is 11.6 Å². The highest BCUT2D eigenvalue weighted by Gasteiger charge is 2.21. The van der Waals surface area contributed by atoms with Crippen LogP contribution in [0, 0.1) is 6.92 Å². The fraction of sp³-hybridized carbons (Fsp3) is 0.308. The zero-order chi connectivity index (χ0) is 14.3. The van der Waals surface area contributed by atoms with Crippen LogP contribution in [0.3, 0.4) is 0 Å². The van der Waals surface area contributed by atoms with E-state index >= 15 is 0 Å². The van der Waals surface area contributed by atoms with Crippen LogP contribution in [0.25, 0.3) is 15.5 Å². The summed E-state index contributed by atoms with van der Waals surface area (Å²) in [6, 6.07) is -0.00555. The summed E-state index contributed by atoms with van der Waals surface area (Å²) < 4.78 is 1.66. The molecule has 3 aromatic rings. The number of hydrogen-bond donors (Lipinski definition) is 1. The van der Waals surface area contributed by atoms with Crippen LogP contribution in [-0.2, 0) is 0 Å². The van der Waals surface area contributed by atoms with Gasteiger partial charge in [0.05, 0.1) is 11.3 Å². The minimum absolute atomic E-state index is 0.00555. The van der Waals surface area contributed by atoms with Crippen molar-refractivity contribution < 1.29 is 0 Å². The third kappa shape index (κ3) is 1.98. The van der Waals surface area contributed by atoms with Gasteiger partial charge in [-0.05, 0) is 20.9 Å². The Labute approximate surface area is 124 Å². The number of aromatic nitrogens is 3. The first-order valence-corrected chi connectivity index (χ1v) is 7.97. The first-order chi connectivity index (χ1) is 9.63. The number of thiazole rings is 2. The fourth-order valence-electron chi connectivity index (χ4n) is 2.10. The van der Waals surface area contributed by atoms with Gasteiger partial charge in [0.25, 0.3) is 5.56 Å². The molecule has 1 atom stereocenters. The van der Waals surface area contributed by atoms with Crippen molar-refractivity contribution in [2.75, 3.05) is 7.05 Å². The average Bonchev–Trinajstić information content (AvgIpc) is 3.08. The minimum atomic E-state index is -0.0409. The van der Waals surface area contributed by atoms with Gasteiger partial charge in [0.2, 0.25) is 0 Å². The molecule has 0 spiro atoms. The van der Waals surface area contributed by atoms with E-state index in [9.17, 15) is 4.79 Å². The number of nitrogens with zero attached hydrogens (tertiary/aromatic N) is 3. The third-order valence-electron chi connectivity index (χ3n) is 3.26. The molecule has 0 aliphatic carbocycles. The van der Waals surface area contributed by atoms with Crippen molar-refractivity contribution >= 4 is 27.6 Å². The number of nitrogens with one attached hydrogen (secondary N) is 1. The largest absolute Gasteiger partial charge is 0.312 e. The zero-order valence-corrected chi connectivity index (χ0v) is 13.0. The molecule has 7 heteroatoms. The van der Waals surface area contributed by atoms with Crippen molar-refractivity contribution in [1.82, 2.24) is 19.7 Å². The van der Waals surface area contributed by atoms with Gasteiger partial charge in [-0.25, -0.2) is 9.97 Å². The Morgan fingerprint density at radius 3 is 2.85 bits per heavy atom. The van der Waals surface area contributed by atoms with Crippen molar-refractivity contribution in [2.45, 2.75) is 19.9 Å². The van der Waals surface area contributed by atoms with Crippen molar-refractivity contribution in [3.8, 4) is 10.6 Å². The maximum absolute atomic E-state index is 12.8. The molecular weight excluding hydrogens is 292 g/mol. The van der Waals surface area contributed by atoms with Crippen LogP contribution in [-0.4, -0.2) is 21.4 Å². The van der Waals surface area contributed by atoms with Crippen LogP contribution in [0.15, 0.2) is 21.8 Å². The van der Waals surface area contributed by atoms with Crippen LogP contribution < -0.4 is 10.9 Å². The third-order valence-corrected chi connectivity index (χ3v) is 4.99. The Kier molecular flexibility index (Phi) is 3.41. The lowest BCUT2D eigenvalue weighted by atomic mass is 10.1. The highest BCUT2D eigenvalue weighted by atomic mass is 32.1. The SMILES string of the molecule is CNC(C)c1nc2scc(C)n2c(=O)c1-c1nccs1. The maximum Gasteiger partial charge on any atom is 0.269 e. The predicted octanol–water partition coefficient (Wildman–Crippen LogP) is 2.47. The van der Waals surface area contributed by atoms with Gasteiger partial charge in [0.1, 0.15) is 5.01 Å². The van der Waals surface area contributed by atoms with Crippen molar-refractivity contribution in [3.05, 3.63) is 38.7 Å². The standard InChI is InChI=1S/C13H14N4OS2/c1-7-6-20-13-16-10(8(2)14-3)9(12(18)17(7)13)11-15-4-5-19-11/h4-6,8,14H,1-3H3. The van der Waals surface area contributed by atoms with Crippen LogP contribution in [0.4, 0.5) is 0 Å². The van der Waals surface area contributed by atoms with E-state index in [2.05, 4.69) is 15.3 Å². The normalized spacial score (nSPS) is 12.9. The first kappa shape index (κ1) is 13.4. The smallest absolute Gasteiger partial charge is 0.269 e. The zero-order valence-electron chi connectivity index (χ0n) is 11.4. The molecule has 0 radical (unpaired) electrons. The number of rotatable bonds is 3. The summed E-state index contributed by atoms with van der Waals surface area (Å²) in [5.74, 6) is 0. The maximum atomic E-state index is 12.8. The van der Waals surface area contributed by atoms with Gasteiger partial charge >= 0.3 is 0 Å². The van der Waals surface area contributed by atoms with Gasteiger partial charge in [0.15, 0.2) is 4.96 Å². The van der Waals surface area contributed by atoms with Gasteiger partial charge in [-0.1, -0.05) is 0 Å². The summed E-state index contributed by atoms with van der Waals surface area (Å²) in [4.78, 5) is 22.5. The summed E-state index contributed by atoms with van der Waals surface area (Å²) in [7, 11) is 1.86. The van der Waals surface area contributed by atoms with Crippen molar-refractivity contribution in [3.63, 3.8) is 0 Å². The molecule has 104 valence electrons. The summed E-state index contributed by atoms with van der Waals surface area (Å²) in [6.45, 7) is 3.91. The lowest BCUT2D eigenvalue weighted by Gasteiger charge is -2.13.